The quantitative estimate of drug-likeness (QED) is 0.789. The molecule has 0 radical (unpaired) electrons. The molecule has 0 aromatic carbocycles. The van der Waals surface area contributed by atoms with E-state index >= 15 is 0 Å². The maximum atomic E-state index is 5.79. The largest absolute Gasteiger partial charge is 0.441 e. The highest BCUT2D eigenvalue weighted by Gasteiger charge is 2.31. The fraction of sp³-hybridized carbons (Fsp3) is 0.533. The summed E-state index contributed by atoms with van der Waals surface area (Å²) in [7, 11) is 0. The molecule has 94 valence electrons. The van der Waals surface area contributed by atoms with Crippen molar-refractivity contribution in [1.29, 1.82) is 0 Å². The number of allylic oxidation sites excluding steroid dienone is 1. The number of oxazole rings is 1. The SMILES string of the molecule is CCc1nc2c(o1)=CC1=C3CNCC(C3)CC1C=2. The average Bonchev–Trinajstić information content (AvgIpc) is 2.79. The molecule has 1 aliphatic heterocycles. The number of piperidine rings is 1. The monoisotopic (exact) mass is 242 g/mol. The lowest BCUT2D eigenvalue weighted by molar-refractivity contribution is 0.363. The van der Waals surface area contributed by atoms with Crippen LogP contribution in [0.25, 0.3) is 12.2 Å². The molecule has 2 bridgehead atoms. The third-order valence-corrected chi connectivity index (χ3v) is 4.37. The van der Waals surface area contributed by atoms with Gasteiger partial charge in [-0.1, -0.05) is 12.5 Å². The number of hydrogen-bond acceptors (Lipinski definition) is 3. The number of nitrogens with zero attached hydrogens (tertiary/aromatic N) is 1. The van der Waals surface area contributed by atoms with E-state index in [2.05, 4.69) is 29.4 Å². The van der Waals surface area contributed by atoms with Crippen LogP contribution < -0.4 is 16.1 Å². The van der Waals surface area contributed by atoms with Crippen LogP contribution in [0.5, 0.6) is 0 Å². The van der Waals surface area contributed by atoms with Crippen molar-refractivity contribution < 1.29 is 4.42 Å². The molecular weight excluding hydrogens is 224 g/mol. The van der Waals surface area contributed by atoms with Gasteiger partial charge in [0.15, 0.2) is 11.3 Å². The summed E-state index contributed by atoms with van der Waals surface area (Å²) in [5.41, 5.74) is 4.04. The molecule has 0 amide bonds. The zero-order valence-electron chi connectivity index (χ0n) is 10.7. The lowest BCUT2D eigenvalue weighted by Gasteiger charge is -2.36. The first-order valence-corrected chi connectivity index (χ1v) is 6.95. The van der Waals surface area contributed by atoms with E-state index in [1.54, 1.807) is 5.57 Å². The van der Waals surface area contributed by atoms with Crippen LogP contribution in [-0.4, -0.2) is 18.1 Å². The molecule has 18 heavy (non-hydrogen) atoms. The van der Waals surface area contributed by atoms with Gasteiger partial charge in [-0.25, -0.2) is 4.98 Å². The summed E-state index contributed by atoms with van der Waals surface area (Å²) < 4.78 is 5.79. The number of rotatable bonds is 1. The van der Waals surface area contributed by atoms with Crippen LogP contribution in [0.3, 0.4) is 0 Å². The molecule has 2 unspecified atom stereocenters. The van der Waals surface area contributed by atoms with Crippen molar-refractivity contribution in [1.82, 2.24) is 10.3 Å². The summed E-state index contributed by atoms with van der Waals surface area (Å²) >= 11 is 0. The Balaban J connectivity index is 1.90. The Morgan fingerprint density at radius 3 is 3.33 bits per heavy atom. The van der Waals surface area contributed by atoms with E-state index in [0.717, 1.165) is 35.5 Å². The molecule has 2 heterocycles. The van der Waals surface area contributed by atoms with Crippen molar-refractivity contribution in [3.8, 4) is 0 Å². The molecule has 3 nitrogen and oxygen atoms in total. The second-order valence-corrected chi connectivity index (χ2v) is 5.62. The number of aromatic nitrogens is 1. The van der Waals surface area contributed by atoms with E-state index in [0.29, 0.717) is 5.92 Å². The molecule has 3 heteroatoms. The van der Waals surface area contributed by atoms with Crippen LogP contribution in [0.2, 0.25) is 0 Å². The highest BCUT2D eigenvalue weighted by atomic mass is 16.3. The van der Waals surface area contributed by atoms with Gasteiger partial charge < -0.3 is 9.73 Å². The smallest absolute Gasteiger partial charge is 0.195 e. The second kappa shape index (κ2) is 3.82. The Morgan fingerprint density at radius 2 is 2.44 bits per heavy atom. The minimum atomic E-state index is 0.572. The molecule has 0 spiro atoms. The first-order valence-electron chi connectivity index (χ1n) is 6.95. The topological polar surface area (TPSA) is 38.1 Å². The fourth-order valence-electron chi connectivity index (χ4n) is 3.52. The fourth-order valence-corrected chi connectivity index (χ4v) is 3.52. The summed E-state index contributed by atoms with van der Waals surface area (Å²) in [6.45, 7) is 4.31. The molecule has 2 atom stereocenters. The molecule has 4 rings (SSSR count). The molecule has 3 aliphatic rings. The molecule has 1 N–H and O–H groups in total. The van der Waals surface area contributed by atoms with E-state index in [9.17, 15) is 0 Å². The average molecular weight is 242 g/mol. The molecule has 1 fully saturated rings. The molecule has 1 saturated heterocycles. The number of fused-ring (bicyclic) bond motifs is 4. The second-order valence-electron chi connectivity index (χ2n) is 5.62. The highest BCUT2D eigenvalue weighted by molar-refractivity contribution is 5.59. The standard InChI is InChI=1S/C15H18N2O/c1-2-15-17-13-5-10-3-9-4-11(8-16-7-9)12(10)6-14(13)18-15/h5-6,9-10,16H,2-4,7-8H2,1H3. The van der Waals surface area contributed by atoms with Crippen LogP contribution in [0, 0.1) is 11.8 Å². The summed E-state index contributed by atoms with van der Waals surface area (Å²) in [6, 6.07) is 0. The molecular formula is C15H18N2O. The van der Waals surface area contributed by atoms with Gasteiger partial charge in [0, 0.05) is 18.9 Å². The van der Waals surface area contributed by atoms with Crippen molar-refractivity contribution in [2.24, 2.45) is 11.8 Å². The van der Waals surface area contributed by atoms with E-state index in [4.69, 9.17) is 4.42 Å². The highest BCUT2D eigenvalue weighted by Crippen LogP contribution is 2.37. The van der Waals surface area contributed by atoms with Gasteiger partial charge in [-0.2, -0.15) is 0 Å². The maximum absolute atomic E-state index is 5.79. The van der Waals surface area contributed by atoms with Crippen molar-refractivity contribution in [3.05, 3.63) is 27.8 Å². The molecule has 0 saturated carbocycles. The first kappa shape index (κ1) is 10.6. The van der Waals surface area contributed by atoms with Crippen LogP contribution in [-0.2, 0) is 6.42 Å². The summed E-state index contributed by atoms with van der Waals surface area (Å²) in [4.78, 5) is 4.56. The zero-order valence-corrected chi connectivity index (χ0v) is 10.7. The Kier molecular flexibility index (Phi) is 2.24. The van der Waals surface area contributed by atoms with Gasteiger partial charge >= 0.3 is 0 Å². The molecule has 1 aromatic heterocycles. The van der Waals surface area contributed by atoms with E-state index in [1.165, 1.54) is 25.0 Å². The lowest BCUT2D eigenvalue weighted by Crippen LogP contribution is -2.39. The number of aryl methyl sites for hydroxylation is 1. The molecule has 2 aliphatic carbocycles. The van der Waals surface area contributed by atoms with Gasteiger partial charge in [-0.3, -0.25) is 0 Å². The van der Waals surface area contributed by atoms with E-state index < -0.39 is 0 Å². The van der Waals surface area contributed by atoms with Gasteiger partial charge in [0.25, 0.3) is 0 Å². The van der Waals surface area contributed by atoms with E-state index in [-0.39, 0.29) is 0 Å². The minimum Gasteiger partial charge on any atom is -0.441 e. The Morgan fingerprint density at radius 1 is 1.50 bits per heavy atom. The minimum absolute atomic E-state index is 0.572. The van der Waals surface area contributed by atoms with Gasteiger partial charge in [0.2, 0.25) is 0 Å². The first-order chi connectivity index (χ1) is 8.83. The van der Waals surface area contributed by atoms with Crippen LogP contribution in [0.15, 0.2) is 15.6 Å². The van der Waals surface area contributed by atoms with Gasteiger partial charge in [0.1, 0.15) is 5.35 Å². The maximum Gasteiger partial charge on any atom is 0.195 e. The van der Waals surface area contributed by atoms with Crippen LogP contribution in [0.4, 0.5) is 0 Å². The van der Waals surface area contributed by atoms with Crippen molar-refractivity contribution >= 4 is 12.2 Å². The Hall–Kier alpha value is -1.35. The van der Waals surface area contributed by atoms with Crippen LogP contribution >= 0.6 is 0 Å². The molecule has 1 aromatic rings. The van der Waals surface area contributed by atoms with Crippen LogP contribution in [0.1, 0.15) is 25.7 Å². The Bertz CT molecular complexity index is 638. The lowest BCUT2D eigenvalue weighted by atomic mass is 9.73. The van der Waals surface area contributed by atoms with E-state index in [1.807, 2.05) is 0 Å². The van der Waals surface area contributed by atoms with Crippen molar-refractivity contribution in [2.45, 2.75) is 26.2 Å². The predicted molar refractivity (Wildman–Crippen MR) is 70.2 cm³/mol. The van der Waals surface area contributed by atoms with Crippen molar-refractivity contribution in [3.63, 3.8) is 0 Å². The normalized spacial score (nSPS) is 29.2. The predicted octanol–water partition coefficient (Wildman–Crippen LogP) is 0.738. The summed E-state index contributed by atoms with van der Waals surface area (Å²) in [5.74, 6) is 2.24. The number of hydrogen-bond donors (Lipinski definition) is 1. The zero-order chi connectivity index (χ0) is 12.1. The van der Waals surface area contributed by atoms with Gasteiger partial charge in [0.05, 0.1) is 0 Å². The van der Waals surface area contributed by atoms with Crippen molar-refractivity contribution in [2.75, 3.05) is 13.1 Å². The summed E-state index contributed by atoms with van der Waals surface area (Å²) in [5, 5.41) is 4.59. The third kappa shape index (κ3) is 1.50. The number of nitrogens with one attached hydrogen (secondary N) is 1. The Labute approximate surface area is 106 Å². The van der Waals surface area contributed by atoms with Gasteiger partial charge in [-0.05, 0) is 43.0 Å². The summed E-state index contributed by atoms with van der Waals surface area (Å²) in [6.07, 6.45) is 7.97. The third-order valence-electron chi connectivity index (χ3n) is 4.37. The van der Waals surface area contributed by atoms with Gasteiger partial charge in [-0.15, -0.1) is 0 Å².